The quantitative estimate of drug-likeness (QED) is 0.144. The van der Waals surface area contributed by atoms with Crippen molar-refractivity contribution in [2.75, 3.05) is 13.2 Å². The van der Waals surface area contributed by atoms with Crippen LogP contribution in [0.1, 0.15) is 40.9 Å². The fourth-order valence-corrected chi connectivity index (χ4v) is 5.74. The third kappa shape index (κ3) is 5.87. The SMILES string of the molecule is Cc1c(O[C@@H]2O[C@H](CO)[C@H](O)[C@H](O)[C@H]2O)c(CO)c(O[C@@H]2O[C@H](CO)[C@H](O)[C@H](O)[C@@H]2O)c2c1O[C@H](c1ccccc1)C[C@@H]2O. The minimum absolute atomic E-state index is 0.0387. The topological polar surface area (TPSA) is 248 Å². The standard InChI is InChI=1S/C29H38O15/c1-11-25(43-28-23(38)21(36)19(34)16(9-31)41-28)13(8-30)27(44-29-24(39)22(37)20(35)17(10-32)42-29)18-14(33)7-15(40-26(11)18)12-5-3-2-4-6-12/h2-6,14-17,19-24,28-39H,7-10H2,1H3/t14-,15-,16+,17+,19-,20-,21-,22-,23+,24-,28-,29-/m0/s1. The van der Waals surface area contributed by atoms with Crippen LogP contribution >= 0.6 is 0 Å². The molecule has 2 aromatic rings. The average Bonchev–Trinajstić information content (AvgIpc) is 3.03. The zero-order valence-electron chi connectivity index (χ0n) is 23.7. The second kappa shape index (κ2) is 13.4. The summed E-state index contributed by atoms with van der Waals surface area (Å²) in [7, 11) is 0. The van der Waals surface area contributed by atoms with E-state index < -0.39 is 93.4 Å². The van der Waals surface area contributed by atoms with Crippen LogP contribution < -0.4 is 14.2 Å². The summed E-state index contributed by atoms with van der Waals surface area (Å²) in [4.78, 5) is 0. The van der Waals surface area contributed by atoms with E-state index in [2.05, 4.69) is 0 Å². The molecule has 0 amide bonds. The fraction of sp³-hybridized carbons (Fsp3) is 0.586. The van der Waals surface area contributed by atoms with Gasteiger partial charge in [0.15, 0.2) is 0 Å². The first kappa shape index (κ1) is 32.7. The first-order valence-electron chi connectivity index (χ1n) is 14.2. The van der Waals surface area contributed by atoms with Gasteiger partial charge in [-0.15, -0.1) is 0 Å². The van der Waals surface area contributed by atoms with E-state index >= 15 is 0 Å². The van der Waals surface area contributed by atoms with E-state index in [9.17, 15) is 51.1 Å². The van der Waals surface area contributed by atoms with Crippen molar-refractivity contribution in [2.45, 2.75) is 93.6 Å². The van der Waals surface area contributed by atoms with Gasteiger partial charge in [0.1, 0.15) is 72.2 Å². The molecular weight excluding hydrogens is 588 g/mol. The van der Waals surface area contributed by atoms with Crippen molar-refractivity contribution < 1.29 is 74.7 Å². The average molecular weight is 627 g/mol. The third-order valence-electron chi connectivity index (χ3n) is 8.24. The summed E-state index contributed by atoms with van der Waals surface area (Å²) in [6, 6.07) is 9.01. The predicted molar refractivity (Wildman–Crippen MR) is 145 cm³/mol. The highest BCUT2D eigenvalue weighted by Crippen LogP contribution is 2.53. The third-order valence-corrected chi connectivity index (χ3v) is 8.24. The van der Waals surface area contributed by atoms with E-state index in [1.165, 1.54) is 6.92 Å². The molecule has 0 saturated carbocycles. The van der Waals surface area contributed by atoms with Crippen LogP contribution in [-0.4, -0.2) is 126 Å². The number of aliphatic hydroxyl groups excluding tert-OH is 10. The number of fused-ring (bicyclic) bond motifs is 1. The second-order valence-electron chi connectivity index (χ2n) is 11.1. The Kier molecular flexibility index (Phi) is 9.96. The molecule has 0 aliphatic carbocycles. The Labute approximate surface area is 251 Å². The minimum atomic E-state index is -1.84. The molecule has 3 heterocycles. The van der Waals surface area contributed by atoms with Crippen LogP contribution in [-0.2, 0) is 16.1 Å². The zero-order chi connectivity index (χ0) is 31.9. The summed E-state index contributed by atoms with van der Waals surface area (Å²) in [5.74, 6) is -0.416. The molecule has 5 rings (SSSR count). The van der Waals surface area contributed by atoms with Gasteiger partial charge in [0.25, 0.3) is 0 Å². The summed E-state index contributed by atoms with van der Waals surface area (Å²) in [6.45, 7) is -0.739. The molecule has 3 aliphatic heterocycles. The van der Waals surface area contributed by atoms with Crippen LogP contribution in [0.2, 0.25) is 0 Å². The van der Waals surface area contributed by atoms with E-state index in [1.54, 1.807) is 24.3 Å². The van der Waals surface area contributed by atoms with Gasteiger partial charge in [-0.1, -0.05) is 30.3 Å². The molecule has 0 unspecified atom stereocenters. The fourth-order valence-electron chi connectivity index (χ4n) is 5.74. The van der Waals surface area contributed by atoms with Crippen LogP contribution in [0.3, 0.4) is 0 Å². The number of benzene rings is 2. The minimum Gasteiger partial charge on any atom is -0.485 e. The largest absolute Gasteiger partial charge is 0.485 e. The summed E-state index contributed by atoms with van der Waals surface area (Å²) in [6.07, 6.45) is -18.5. The van der Waals surface area contributed by atoms with Crippen LogP contribution in [0.15, 0.2) is 30.3 Å². The normalized spacial score (nSPS) is 37.2. The van der Waals surface area contributed by atoms with Gasteiger partial charge in [0, 0.05) is 12.0 Å². The lowest BCUT2D eigenvalue weighted by molar-refractivity contribution is -0.279. The number of hydrogen-bond donors (Lipinski definition) is 10. The van der Waals surface area contributed by atoms with Crippen molar-refractivity contribution in [1.82, 2.24) is 0 Å². The van der Waals surface area contributed by atoms with Gasteiger partial charge < -0.3 is 74.7 Å². The van der Waals surface area contributed by atoms with Crippen LogP contribution in [0.5, 0.6) is 17.2 Å². The summed E-state index contributed by atoms with van der Waals surface area (Å²) < 4.78 is 29.3. The Morgan fingerprint density at radius 3 is 1.73 bits per heavy atom. The molecule has 0 radical (unpaired) electrons. The molecule has 10 N–H and O–H groups in total. The van der Waals surface area contributed by atoms with Gasteiger partial charge in [-0.3, -0.25) is 0 Å². The van der Waals surface area contributed by atoms with Crippen molar-refractivity contribution in [3.05, 3.63) is 52.6 Å². The van der Waals surface area contributed by atoms with Gasteiger partial charge in [0.05, 0.1) is 37.1 Å². The zero-order valence-corrected chi connectivity index (χ0v) is 23.7. The van der Waals surface area contributed by atoms with Crippen molar-refractivity contribution >= 4 is 0 Å². The Balaban J connectivity index is 1.62. The molecule has 44 heavy (non-hydrogen) atoms. The maximum Gasteiger partial charge on any atom is 0.229 e. The van der Waals surface area contributed by atoms with Crippen LogP contribution in [0, 0.1) is 6.92 Å². The van der Waals surface area contributed by atoms with Crippen molar-refractivity contribution in [2.24, 2.45) is 0 Å². The summed E-state index contributed by atoms with van der Waals surface area (Å²) >= 11 is 0. The van der Waals surface area contributed by atoms with Crippen molar-refractivity contribution in [3.8, 4) is 17.2 Å². The van der Waals surface area contributed by atoms with Crippen molar-refractivity contribution in [3.63, 3.8) is 0 Å². The highest BCUT2D eigenvalue weighted by molar-refractivity contribution is 5.64. The molecule has 15 nitrogen and oxygen atoms in total. The number of ether oxygens (including phenoxy) is 5. The van der Waals surface area contributed by atoms with Gasteiger partial charge in [0.2, 0.25) is 12.6 Å². The molecule has 0 bridgehead atoms. The molecule has 244 valence electrons. The molecular formula is C29H38O15. The van der Waals surface area contributed by atoms with Gasteiger partial charge in [-0.2, -0.15) is 0 Å². The summed E-state index contributed by atoms with van der Waals surface area (Å²) in [5, 5.41) is 104. The van der Waals surface area contributed by atoms with Gasteiger partial charge in [-0.05, 0) is 12.5 Å². The molecule has 2 saturated heterocycles. The van der Waals surface area contributed by atoms with Gasteiger partial charge in [-0.25, -0.2) is 0 Å². The highest BCUT2D eigenvalue weighted by atomic mass is 16.7. The number of hydrogen-bond acceptors (Lipinski definition) is 15. The molecule has 2 aromatic carbocycles. The van der Waals surface area contributed by atoms with Crippen LogP contribution in [0.25, 0.3) is 0 Å². The maximum absolute atomic E-state index is 11.4. The van der Waals surface area contributed by atoms with E-state index in [4.69, 9.17) is 23.7 Å². The second-order valence-corrected chi connectivity index (χ2v) is 11.1. The molecule has 0 aromatic heterocycles. The van der Waals surface area contributed by atoms with Crippen LogP contribution in [0.4, 0.5) is 0 Å². The van der Waals surface area contributed by atoms with Gasteiger partial charge >= 0.3 is 0 Å². The lowest BCUT2D eigenvalue weighted by atomic mass is 9.90. The van der Waals surface area contributed by atoms with E-state index in [0.29, 0.717) is 0 Å². The molecule has 2 fully saturated rings. The lowest BCUT2D eigenvalue weighted by Crippen LogP contribution is -2.60. The smallest absolute Gasteiger partial charge is 0.229 e. The Bertz CT molecular complexity index is 1270. The van der Waals surface area contributed by atoms with E-state index in [1.807, 2.05) is 6.07 Å². The summed E-state index contributed by atoms with van der Waals surface area (Å²) in [5.41, 5.74) is 0.838. The Hall–Kier alpha value is -2.64. The molecule has 0 spiro atoms. The van der Waals surface area contributed by atoms with Crippen molar-refractivity contribution in [1.29, 1.82) is 0 Å². The predicted octanol–water partition coefficient (Wildman–Crippen LogP) is -2.60. The lowest BCUT2D eigenvalue weighted by Gasteiger charge is -2.42. The number of rotatable bonds is 8. The first-order valence-corrected chi connectivity index (χ1v) is 14.2. The van der Waals surface area contributed by atoms with E-state index in [0.717, 1.165) is 5.56 Å². The van der Waals surface area contributed by atoms with E-state index in [-0.39, 0.29) is 40.4 Å². The monoisotopic (exact) mass is 626 g/mol. The Morgan fingerprint density at radius 1 is 0.705 bits per heavy atom. The highest BCUT2D eigenvalue weighted by Gasteiger charge is 2.48. The first-order chi connectivity index (χ1) is 21.0. The molecule has 15 heteroatoms. The number of aliphatic hydroxyl groups is 10. The maximum atomic E-state index is 11.4. The molecule has 3 aliphatic rings. The molecule has 12 atom stereocenters. The Morgan fingerprint density at radius 2 is 1.23 bits per heavy atom.